The second-order valence-electron chi connectivity index (χ2n) is 7.58. The van der Waals surface area contributed by atoms with Crippen LogP contribution in [0, 0.1) is 13.8 Å². The van der Waals surface area contributed by atoms with Crippen LogP contribution in [0.4, 0.5) is 4.79 Å². The number of aromatic amines is 1. The van der Waals surface area contributed by atoms with Crippen LogP contribution in [-0.2, 0) is 14.8 Å². The Morgan fingerprint density at radius 2 is 2.00 bits per heavy atom. The van der Waals surface area contributed by atoms with Crippen LogP contribution in [0.2, 0.25) is 0 Å². The van der Waals surface area contributed by atoms with E-state index in [0.717, 1.165) is 0 Å². The third kappa shape index (κ3) is 7.02. The lowest BCUT2D eigenvalue weighted by molar-refractivity contribution is -0.139. The molecule has 1 atom stereocenters. The smallest absolute Gasteiger partial charge is 0.321 e. The number of hydrogen-bond donors (Lipinski definition) is 5. The fraction of sp³-hybridized carbons (Fsp3) is 0.429. The summed E-state index contributed by atoms with van der Waals surface area (Å²) in [4.78, 5) is 41.4. The number of amides is 2. The maximum absolute atomic E-state index is 13.0. The average molecular weight is 496 g/mol. The molecule has 0 fully saturated rings. The van der Waals surface area contributed by atoms with Crippen molar-refractivity contribution in [3.63, 3.8) is 0 Å². The van der Waals surface area contributed by atoms with Crippen LogP contribution < -0.4 is 26.1 Å². The molecule has 0 aliphatic carbocycles. The fourth-order valence-electron chi connectivity index (χ4n) is 2.98. The number of carboxylic acids is 1. The van der Waals surface area contributed by atoms with Crippen molar-refractivity contribution in [3.8, 4) is 17.1 Å². The number of urea groups is 1. The summed E-state index contributed by atoms with van der Waals surface area (Å²) in [5.74, 6) is -0.922. The number of hydrogen-bond acceptors (Lipinski definition) is 7. The summed E-state index contributed by atoms with van der Waals surface area (Å²) in [6.07, 6.45) is 0.805. The van der Waals surface area contributed by atoms with Gasteiger partial charge in [-0.3, -0.25) is 9.59 Å². The Bertz CT molecular complexity index is 1210. The largest absolute Gasteiger partial charge is 0.493 e. The van der Waals surface area contributed by atoms with Gasteiger partial charge in [-0.05, 0) is 51.3 Å². The van der Waals surface area contributed by atoms with Gasteiger partial charge in [-0.25, -0.2) is 18.2 Å². The normalized spacial score (nSPS) is 12.2. The predicted octanol–water partition coefficient (Wildman–Crippen LogP) is 1.02. The van der Waals surface area contributed by atoms with Gasteiger partial charge in [0, 0.05) is 17.8 Å². The van der Waals surface area contributed by atoms with E-state index >= 15 is 0 Å². The first-order valence-corrected chi connectivity index (χ1v) is 12.1. The van der Waals surface area contributed by atoms with E-state index < -0.39 is 28.1 Å². The van der Waals surface area contributed by atoms with Crippen molar-refractivity contribution in [2.75, 3.05) is 13.2 Å². The summed E-state index contributed by atoms with van der Waals surface area (Å²) in [6.45, 7) is 5.64. The minimum Gasteiger partial charge on any atom is -0.493 e. The highest BCUT2D eigenvalue weighted by Crippen LogP contribution is 2.30. The third-order valence-electron chi connectivity index (χ3n) is 4.94. The maximum atomic E-state index is 13.0. The number of nitrogens with one attached hydrogen (secondary N) is 3. The van der Waals surface area contributed by atoms with Crippen molar-refractivity contribution >= 4 is 22.0 Å². The summed E-state index contributed by atoms with van der Waals surface area (Å²) in [5, 5.41) is 11.8. The van der Waals surface area contributed by atoms with Crippen molar-refractivity contribution in [2.45, 2.75) is 51.0 Å². The lowest BCUT2D eigenvalue weighted by Crippen LogP contribution is -2.41. The van der Waals surface area contributed by atoms with Crippen molar-refractivity contribution < 1.29 is 27.9 Å². The number of primary amides is 1. The predicted molar refractivity (Wildman–Crippen MR) is 124 cm³/mol. The Morgan fingerprint density at radius 3 is 2.59 bits per heavy atom. The minimum atomic E-state index is -4.27. The van der Waals surface area contributed by atoms with E-state index in [0.29, 0.717) is 30.0 Å². The SMILES string of the molecule is CCCOc1ccc(S(=O)(=O)NC(CCCNC(N)=O)C(=O)O)cc1-c1nc(C)c(C)c(=O)[nH]1. The van der Waals surface area contributed by atoms with Crippen molar-refractivity contribution in [1.82, 2.24) is 20.0 Å². The molecule has 2 amide bonds. The molecule has 0 saturated carbocycles. The van der Waals surface area contributed by atoms with Gasteiger partial charge in [0.15, 0.2) is 0 Å². The van der Waals surface area contributed by atoms with Crippen LogP contribution in [0.3, 0.4) is 0 Å². The minimum absolute atomic E-state index is 0.0779. The van der Waals surface area contributed by atoms with Gasteiger partial charge in [0.25, 0.3) is 5.56 Å². The molecule has 1 aromatic heterocycles. The zero-order valence-electron chi connectivity index (χ0n) is 19.2. The number of ether oxygens (including phenoxy) is 1. The second kappa shape index (κ2) is 11.6. The first kappa shape index (κ1) is 26.8. The lowest BCUT2D eigenvalue weighted by Gasteiger charge is -2.17. The number of sulfonamides is 1. The molecule has 34 heavy (non-hydrogen) atoms. The van der Waals surface area contributed by atoms with Crippen molar-refractivity contribution in [2.24, 2.45) is 5.73 Å². The van der Waals surface area contributed by atoms with Crippen LogP contribution in [0.5, 0.6) is 5.75 Å². The maximum Gasteiger partial charge on any atom is 0.321 e. The number of H-pyrrole nitrogens is 1. The lowest BCUT2D eigenvalue weighted by atomic mass is 10.1. The number of aryl methyl sites for hydroxylation is 1. The first-order valence-electron chi connectivity index (χ1n) is 10.6. The summed E-state index contributed by atoms with van der Waals surface area (Å²) in [6, 6.07) is 1.79. The summed E-state index contributed by atoms with van der Waals surface area (Å²) in [7, 11) is -4.27. The molecule has 186 valence electrons. The average Bonchev–Trinajstić information content (AvgIpc) is 2.77. The number of rotatable bonds is 12. The monoisotopic (exact) mass is 495 g/mol. The van der Waals surface area contributed by atoms with Crippen LogP contribution in [0.1, 0.15) is 37.4 Å². The van der Waals surface area contributed by atoms with E-state index in [9.17, 15) is 27.9 Å². The molecule has 0 bridgehead atoms. The quantitative estimate of drug-likeness (QED) is 0.269. The van der Waals surface area contributed by atoms with E-state index in [1.165, 1.54) is 18.2 Å². The molecule has 1 aromatic carbocycles. The standard InChI is InChI=1S/C21H29N5O7S/c1-4-10-33-17-8-7-14(11-15(17)18-24-13(3)12(2)19(27)25-18)34(31,32)26-16(20(28)29)6-5-9-23-21(22)30/h7-8,11,16,26H,4-6,9-10H2,1-3H3,(H,28,29)(H3,22,23,30)(H,24,25,27). The van der Waals surface area contributed by atoms with Crippen LogP contribution >= 0.6 is 0 Å². The zero-order chi connectivity index (χ0) is 25.5. The molecular weight excluding hydrogens is 466 g/mol. The van der Waals surface area contributed by atoms with Gasteiger partial charge in [0.05, 0.1) is 17.1 Å². The van der Waals surface area contributed by atoms with Crippen molar-refractivity contribution in [1.29, 1.82) is 0 Å². The number of aliphatic carboxylic acids is 1. The van der Waals surface area contributed by atoms with Gasteiger partial charge >= 0.3 is 12.0 Å². The number of carbonyl (C=O) groups excluding carboxylic acids is 1. The number of aromatic nitrogens is 2. The highest BCUT2D eigenvalue weighted by molar-refractivity contribution is 7.89. The van der Waals surface area contributed by atoms with Gasteiger partial charge in [-0.2, -0.15) is 4.72 Å². The van der Waals surface area contributed by atoms with Crippen LogP contribution in [0.25, 0.3) is 11.4 Å². The molecule has 2 rings (SSSR count). The Balaban J connectivity index is 2.41. The number of nitrogens with zero attached hydrogens (tertiary/aromatic N) is 1. The molecule has 1 heterocycles. The Morgan fingerprint density at radius 1 is 1.29 bits per heavy atom. The van der Waals surface area contributed by atoms with Crippen molar-refractivity contribution in [3.05, 3.63) is 39.8 Å². The van der Waals surface area contributed by atoms with Gasteiger partial charge in [-0.1, -0.05) is 6.92 Å². The van der Waals surface area contributed by atoms with Gasteiger partial charge in [-0.15, -0.1) is 0 Å². The Labute approximate surface area is 197 Å². The van der Waals surface area contributed by atoms with E-state index in [2.05, 4.69) is 20.0 Å². The molecule has 0 aliphatic heterocycles. The topological polar surface area (TPSA) is 194 Å². The highest BCUT2D eigenvalue weighted by atomic mass is 32.2. The van der Waals surface area contributed by atoms with Gasteiger partial charge in [0.2, 0.25) is 10.0 Å². The molecule has 12 nitrogen and oxygen atoms in total. The molecule has 0 saturated heterocycles. The zero-order valence-corrected chi connectivity index (χ0v) is 20.0. The molecule has 0 radical (unpaired) electrons. The Hall–Kier alpha value is -3.45. The van der Waals surface area contributed by atoms with E-state index in [1.807, 2.05) is 6.92 Å². The molecule has 1 unspecified atom stereocenters. The Kier molecular flexibility index (Phi) is 9.15. The van der Waals surface area contributed by atoms with Gasteiger partial charge in [0.1, 0.15) is 17.6 Å². The highest BCUT2D eigenvalue weighted by Gasteiger charge is 2.26. The third-order valence-corrected chi connectivity index (χ3v) is 6.41. The van der Waals surface area contributed by atoms with Crippen LogP contribution in [0.15, 0.2) is 27.9 Å². The van der Waals surface area contributed by atoms with Crippen LogP contribution in [-0.4, -0.2) is 54.7 Å². The molecule has 13 heteroatoms. The molecule has 0 spiro atoms. The molecular formula is C21H29N5O7S. The first-order chi connectivity index (χ1) is 16.0. The number of nitrogens with two attached hydrogens (primary N) is 1. The van der Waals surface area contributed by atoms with E-state index in [-0.39, 0.29) is 41.2 Å². The summed E-state index contributed by atoms with van der Waals surface area (Å²) >= 11 is 0. The fourth-order valence-corrected chi connectivity index (χ4v) is 4.23. The molecule has 2 aromatic rings. The van der Waals surface area contributed by atoms with E-state index in [4.69, 9.17) is 10.5 Å². The second-order valence-corrected chi connectivity index (χ2v) is 9.29. The molecule has 6 N–H and O–H groups in total. The molecule has 0 aliphatic rings. The summed E-state index contributed by atoms with van der Waals surface area (Å²) in [5.41, 5.74) is 5.74. The number of carboxylic acid groups (broad SMARTS) is 1. The van der Waals surface area contributed by atoms with E-state index in [1.54, 1.807) is 13.8 Å². The number of carbonyl (C=O) groups is 2. The van der Waals surface area contributed by atoms with Gasteiger partial charge < -0.3 is 25.9 Å². The number of benzene rings is 1. The summed E-state index contributed by atoms with van der Waals surface area (Å²) < 4.78 is 33.8.